The summed E-state index contributed by atoms with van der Waals surface area (Å²) < 4.78 is 10.6. The highest BCUT2D eigenvalue weighted by atomic mass is 16.5. The zero-order valence-electron chi connectivity index (χ0n) is 12.4. The lowest BCUT2D eigenvalue weighted by Crippen LogP contribution is -2.37. The maximum absolute atomic E-state index is 6.23. The molecule has 108 valence electrons. The Morgan fingerprint density at radius 2 is 1.89 bits per heavy atom. The van der Waals surface area contributed by atoms with Crippen molar-refractivity contribution in [3.05, 3.63) is 29.8 Å². The fraction of sp³-hybridized carbons (Fsp3) is 0.600. The Kier molecular flexibility index (Phi) is 6.84. The van der Waals surface area contributed by atoms with Gasteiger partial charge >= 0.3 is 0 Å². The third kappa shape index (κ3) is 5.19. The Morgan fingerprint density at radius 3 is 2.42 bits per heavy atom. The largest absolute Gasteiger partial charge is 0.494 e. The van der Waals surface area contributed by atoms with Crippen molar-refractivity contribution in [2.45, 2.75) is 25.9 Å². The second kappa shape index (κ2) is 8.15. The summed E-state index contributed by atoms with van der Waals surface area (Å²) in [6, 6.07) is 8.36. The van der Waals surface area contributed by atoms with E-state index in [1.54, 1.807) is 7.11 Å². The number of methoxy groups -OCH3 is 1. The molecule has 2 atom stereocenters. The molecule has 1 aromatic carbocycles. The summed E-state index contributed by atoms with van der Waals surface area (Å²) in [4.78, 5) is 2.21. The number of hydrogen-bond acceptors (Lipinski definition) is 4. The van der Waals surface area contributed by atoms with Crippen LogP contribution in [0.25, 0.3) is 0 Å². The first kappa shape index (κ1) is 16.0. The average molecular weight is 266 g/mol. The minimum Gasteiger partial charge on any atom is -0.494 e. The van der Waals surface area contributed by atoms with E-state index >= 15 is 0 Å². The number of likely N-dealkylation sites (N-methyl/N-ethyl adjacent to an activating group) is 1. The minimum absolute atomic E-state index is 0.0000161. The van der Waals surface area contributed by atoms with Crippen LogP contribution in [0, 0.1) is 0 Å². The van der Waals surface area contributed by atoms with Crippen molar-refractivity contribution in [1.82, 2.24) is 4.90 Å². The van der Waals surface area contributed by atoms with Gasteiger partial charge in [0.2, 0.25) is 0 Å². The summed E-state index contributed by atoms with van der Waals surface area (Å²) in [5.74, 6) is 0.888. The fourth-order valence-corrected chi connectivity index (χ4v) is 1.94. The van der Waals surface area contributed by atoms with Crippen LogP contribution >= 0.6 is 0 Å². The normalized spacial score (nSPS) is 14.4. The highest BCUT2D eigenvalue weighted by Gasteiger charge is 2.14. The summed E-state index contributed by atoms with van der Waals surface area (Å²) in [5, 5.41) is 0. The lowest BCUT2D eigenvalue weighted by molar-refractivity contribution is 0.112. The van der Waals surface area contributed by atoms with Crippen LogP contribution in [-0.2, 0) is 4.74 Å². The molecule has 0 amide bonds. The van der Waals surface area contributed by atoms with E-state index in [0.717, 1.165) is 17.9 Å². The summed E-state index contributed by atoms with van der Waals surface area (Å²) in [7, 11) is 3.79. The predicted octanol–water partition coefficient (Wildman–Crippen LogP) is 2.05. The molecular formula is C15H26N2O2. The van der Waals surface area contributed by atoms with Crippen molar-refractivity contribution in [1.29, 1.82) is 0 Å². The first-order valence-electron chi connectivity index (χ1n) is 6.76. The van der Waals surface area contributed by atoms with E-state index in [9.17, 15) is 0 Å². The third-order valence-electron chi connectivity index (χ3n) is 3.26. The Balaban J connectivity index is 2.54. The van der Waals surface area contributed by atoms with Gasteiger partial charge in [0, 0.05) is 25.7 Å². The molecule has 4 heteroatoms. The monoisotopic (exact) mass is 266 g/mol. The number of ether oxygens (including phenoxy) is 2. The molecule has 19 heavy (non-hydrogen) atoms. The maximum atomic E-state index is 6.23. The Morgan fingerprint density at radius 1 is 1.26 bits per heavy atom. The van der Waals surface area contributed by atoms with Crippen molar-refractivity contribution < 1.29 is 9.47 Å². The van der Waals surface area contributed by atoms with Crippen molar-refractivity contribution in [2.24, 2.45) is 5.73 Å². The van der Waals surface area contributed by atoms with Gasteiger partial charge in [-0.2, -0.15) is 0 Å². The van der Waals surface area contributed by atoms with Gasteiger partial charge in [-0.1, -0.05) is 12.1 Å². The van der Waals surface area contributed by atoms with Crippen LogP contribution in [0.4, 0.5) is 0 Å². The first-order valence-corrected chi connectivity index (χ1v) is 6.76. The lowest BCUT2D eigenvalue weighted by Gasteiger charge is -2.27. The van der Waals surface area contributed by atoms with Gasteiger partial charge in [-0.3, -0.25) is 4.90 Å². The number of nitrogens with zero attached hydrogens (tertiary/aromatic N) is 1. The average Bonchev–Trinajstić information content (AvgIpc) is 2.40. The fourth-order valence-electron chi connectivity index (χ4n) is 1.94. The molecule has 0 fully saturated rings. The van der Waals surface area contributed by atoms with E-state index in [-0.39, 0.29) is 6.04 Å². The standard InChI is InChI=1S/C15H26N2O2/c1-5-19-14-8-6-13(7-9-14)15(16)10-17(3)12(2)11-18-4/h6-9,12,15H,5,10-11,16H2,1-4H3. The van der Waals surface area contributed by atoms with Crippen LogP contribution in [0.5, 0.6) is 5.75 Å². The Bertz CT molecular complexity index is 354. The van der Waals surface area contributed by atoms with Gasteiger partial charge in [0.25, 0.3) is 0 Å². The molecule has 0 heterocycles. The molecule has 0 spiro atoms. The van der Waals surface area contributed by atoms with Gasteiger partial charge in [-0.05, 0) is 38.6 Å². The quantitative estimate of drug-likeness (QED) is 0.782. The van der Waals surface area contributed by atoms with Crippen LogP contribution in [0.2, 0.25) is 0 Å². The highest BCUT2D eigenvalue weighted by Crippen LogP contribution is 2.17. The topological polar surface area (TPSA) is 47.7 Å². The van der Waals surface area contributed by atoms with Crippen LogP contribution < -0.4 is 10.5 Å². The first-order chi connectivity index (χ1) is 9.08. The van der Waals surface area contributed by atoms with E-state index in [0.29, 0.717) is 19.3 Å². The van der Waals surface area contributed by atoms with Crippen molar-refractivity contribution in [2.75, 3.05) is 33.9 Å². The SMILES string of the molecule is CCOc1ccc(C(N)CN(C)C(C)COC)cc1. The molecule has 1 aromatic rings. The van der Waals surface area contributed by atoms with Gasteiger partial charge in [0.1, 0.15) is 5.75 Å². The van der Waals surface area contributed by atoms with Crippen LogP contribution in [0.15, 0.2) is 24.3 Å². The maximum Gasteiger partial charge on any atom is 0.119 e. The van der Waals surface area contributed by atoms with Gasteiger partial charge in [0.15, 0.2) is 0 Å². The summed E-state index contributed by atoms with van der Waals surface area (Å²) >= 11 is 0. The van der Waals surface area contributed by atoms with E-state index in [1.807, 2.05) is 31.2 Å². The smallest absolute Gasteiger partial charge is 0.119 e. The lowest BCUT2D eigenvalue weighted by atomic mass is 10.1. The van der Waals surface area contributed by atoms with Crippen LogP contribution in [0.1, 0.15) is 25.5 Å². The molecule has 4 nitrogen and oxygen atoms in total. The molecule has 2 unspecified atom stereocenters. The molecule has 2 N–H and O–H groups in total. The van der Waals surface area contributed by atoms with Gasteiger partial charge in [-0.25, -0.2) is 0 Å². The van der Waals surface area contributed by atoms with E-state index < -0.39 is 0 Å². The minimum atomic E-state index is -0.0000161. The zero-order valence-corrected chi connectivity index (χ0v) is 12.4. The number of nitrogens with two attached hydrogens (primary N) is 1. The Labute approximate surface area is 116 Å². The van der Waals surface area contributed by atoms with Crippen LogP contribution in [0.3, 0.4) is 0 Å². The predicted molar refractivity (Wildman–Crippen MR) is 78.5 cm³/mol. The zero-order chi connectivity index (χ0) is 14.3. The Hall–Kier alpha value is -1.10. The van der Waals surface area contributed by atoms with E-state index in [1.165, 1.54) is 0 Å². The van der Waals surface area contributed by atoms with Gasteiger partial charge in [0.05, 0.1) is 13.2 Å². The summed E-state index contributed by atoms with van der Waals surface area (Å²) in [6.45, 7) is 6.31. The highest BCUT2D eigenvalue weighted by molar-refractivity contribution is 5.29. The van der Waals surface area contributed by atoms with Gasteiger partial charge in [-0.15, -0.1) is 0 Å². The van der Waals surface area contributed by atoms with E-state index in [2.05, 4.69) is 18.9 Å². The second-order valence-corrected chi connectivity index (χ2v) is 4.85. The van der Waals surface area contributed by atoms with Crippen LogP contribution in [-0.4, -0.2) is 44.9 Å². The molecule has 0 aliphatic rings. The third-order valence-corrected chi connectivity index (χ3v) is 3.26. The summed E-state index contributed by atoms with van der Waals surface area (Å²) in [6.07, 6.45) is 0. The molecular weight excluding hydrogens is 240 g/mol. The van der Waals surface area contributed by atoms with Crippen molar-refractivity contribution in [3.63, 3.8) is 0 Å². The number of benzene rings is 1. The molecule has 0 bridgehead atoms. The number of rotatable bonds is 8. The summed E-state index contributed by atoms with van der Waals surface area (Å²) in [5.41, 5.74) is 7.36. The number of hydrogen-bond donors (Lipinski definition) is 1. The second-order valence-electron chi connectivity index (χ2n) is 4.85. The molecule has 0 saturated heterocycles. The molecule has 0 aliphatic carbocycles. The van der Waals surface area contributed by atoms with Gasteiger partial charge < -0.3 is 15.2 Å². The molecule has 1 rings (SSSR count). The van der Waals surface area contributed by atoms with Crippen molar-refractivity contribution in [3.8, 4) is 5.75 Å². The molecule has 0 aliphatic heterocycles. The molecule has 0 saturated carbocycles. The molecule has 0 aromatic heterocycles. The van der Waals surface area contributed by atoms with Crippen molar-refractivity contribution >= 4 is 0 Å². The van der Waals surface area contributed by atoms with E-state index in [4.69, 9.17) is 15.2 Å². The molecule has 0 radical (unpaired) electrons.